The zero-order chi connectivity index (χ0) is 15.7. The lowest BCUT2D eigenvalue weighted by Crippen LogP contribution is -2.28. The van der Waals surface area contributed by atoms with Gasteiger partial charge < -0.3 is 14.7 Å². The predicted molar refractivity (Wildman–Crippen MR) is 77.4 cm³/mol. The molecule has 1 aromatic heterocycles. The topological polar surface area (TPSA) is 84.7 Å². The van der Waals surface area contributed by atoms with Gasteiger partial charge in [-0.2, -0.15) is 5.10 Å². The molecule has 0 spiro atoms. The molecule has 2 aliphatic rings. The molecule has 3 rings (SSSR count). The molecule has 0 radical (unpaired) electrons. The van der Waals surface area contributed by atoms with Gasteiger partial charge in [-0.3, -0.25) is 4.79 Å². The van der Waals surface area contributed by atoms with Gasteiger partial charge in [0, 0.05) is 25.1 Å². The van der Waals surface area contributed by atoms with Gasteiger partial charge in [-0.1, -0.05) is 0 Å². The maximum Gasteiger partial charge on any atom is 0.356 e. The van der Waals surface area contributed by atoms with Crippen LogP contribution in [0.25, 0.3) is 0 Å². The first-order valence-electron chi connectivity index (χ1n) is 7.78. The molecule has 1 N–H and O–H groups in total. The van der Waals surface area contributed by atoms with Gasteiger partial charge in [0.15, 0.2) is 11.9 Å². The fraction of sp³-hybridized carbons (Fsp3) is 0.667. The summed E-state index contributed by atoms with van der Waals surface area (Å²) in [5, 5.41) is 13.6. The zero-order valence-corrected chi connectivity index (χ0v) is 12.7. The SMILES string of the molecule is Cc1c(C(=O)O)nn(C2CCCCO2)c1CN1CCCC1=O. The van der Waals surface area contributed by atoms with Crippen LogP contribution in [0.4, 0.5) is 0 Å². The summed E-state index contributed by atoms with van der Waals surface area (Å²) in [5.74, 6) is -0.922. The summed E-state index contributed by atoms with van der Waals surface area (Å²) in [7, 11) is 0. The van der Waals surface area contributed by atoms with E-state index in [1.165, 1.54) is 0 Å². The van der Waals surface area contributed by atoms with Crippen molar-refractivity contribution in [3.05, 3.63) is 17.0 Å². The number of ether oxygens (including phenoxy) is 1. The van der Waals surface area contributed by atoms with Gasteiger partial charge >= 0.3 is 5.97 Å². The standard InChI is InChI=1S/C15H21N3O4/c1-10-11(9-17-7-4-5-12(17)19)18(16-14(10)15(20)21)13-6-2-3-8-22-13/h13H,2-9H2,1H3,(H,20,21). The average Bonchev–Trinajstić information content (AvgIpc) is 3.06. The van der Waals surface area contributed by atoms with Crippen LogP contribution in [-0.2, 0) is 16.1 Å². The van der Waals surface area contributed by atoms with E-state index < -0.39 is 5.97 Å². The van der Waals surface area contributed by atoms with E-state index in [1.807, 2.05) is 0 Å². The minimum absolute atomic E-state index is 0.0517. The van der Waals surface area contributed by atoms with Crippen LogP contribution in [0.5, 0.6) is 0 Å². The first-order chi connectivity index (χ1) is 10.6. The highest BCUT2D eigenvalue weighted by atomic mass is 16.5. The molecule has 2 saturated heterocycles. The van der Waals surface area contributed by atoms with Crippen molar-refractivity contribution in [1.29, 1.82) is 0 Å². The Labute approximate surface area is 128 Å². The molecule has 7 heteroatoms. The Morgan fingerprint density at radius 2 is 2.23 bits per heavy atom. The van der Waals surface area contributed by atoms with Crippen molar-refractivity contribution in [2.45, 2.75) is 51.8 Å². The summed E-state index contributed by atoms with van der Waals surface area (Å²) in [6.07, 6.45) is 4.07. The number of carboxylic acid groups (broad SMARTS) is 1. The van der Waals surface area contributed by atoms with Crippen molar-refractivity contribution >= 4 is 11.9 Å². The monoisotopic (exact) mass is 307 g/mol. The van der Waals surface area contributed by atoms with Gasteiger partial charge in [0.2, 0.25) is 5.91 Å². The molecule has 1 unspecified atom stereocenters. The Morgan fingerprint density at radius 1 is 1.41 bits per heavy atom. The van der Waals surface area contributed by atoms with Crippen LogP contribution in [0.15, 0.2) is 0 Å². The van der Waals surface area contributed by atoms with Gasteiger partial charge in [-0.15, -0.1) is 0 Å². The lowest BCUT2D eigenvalue weighted by atomic mass is 10.1. The molecule has 0 aliphatic carbocycles. The van der Waals surface area contributed by atoms with E-state index in [2.05, 4.69) is 5.10 Å². The summed E-state index contributed by atoms with van der Waals surface area (Å²) in [6, 6.07) is 0. The first kappa shape index (κ1) is 15.0. The van der Waals surface area contributed by atoms with Crippen LogP contribution < -0.4 is 0 Å². The number of nitrogens with zero attached hydrogens (tertiary/aromatic N) is 3. The number of aromatic nitrogens is 2. The third-order valence-corrected chi connectivity index (χ3v) is 4.42. The number of rotatable bonds is 4. The first-order valence-corrected chi connectivity index (χ1v) is 7.78. The van der Waals surface area contributed by atoms with Gasteiger partial charge in [0.25, 0.3) is 0 Å². The van der Waals surface area contributed by atoms with Crippen molar-refractivity contribution in [2.24, 2.45) is 0 Å². The molecule has 2 aliphatic heterocycles. The highest BCUT2D eigenvalue weighted by Crippen LogP contribution is 2.28. The fourth-order valence-corrected chi connectivity index (χ4v) is 3.15. The Kier molecular flexibility index (Phi) is 4.15. The van der Waals surface area contributed by atoms with Crippen molar-refractivity contribution < 1.29 is 19.4 Å². The maximum atomic E-state index is 11.9. The quantitative estimate of drug-likeness (QED) is 0.915. The van der Waals surface area contributed by atoms with E-state index in [1.54, 1.807) is 16.5 Å². The van der Waals surface area contributed by atoms with E-state index in [-0.39, 0.29) is 17.8 Å². The van der Waals surface area contributed by atoms with Crippen LogP contribution >= 0.6 is 0 Å². The van der Waals surface area contributed by atoms with Crippen LogP contribution in [-0.4, -0.2) is 44.8 Å². The normalized spacial score (nSPS) is 22.3. The van der Waals surface area contributed by atoms with Crippen LogP contribution in [0.2, 0.25) is 0 Å². The predicted octanol–water partition coefficient (Wildman–Crippen LogP) is 1.71. The molecule has 0 saturated carbocycles. The molecule has 1 atom stereocenters. The van der Waals surface area contributed by atoms with Crippen LogP contribution in [0, 0.1) is 6.92 Å². The van der Waals surface area contributed by atoms with Crippen molar-refractivity contribution in [1.82, 2.24) is 14.7 Å². The van der Waals surface area contributed by atoms with Gasteiger partial charge in [-0.05, 0) is 32.6 Å². The van der Waals surface area contributed by atoms with E-state index in [0.717, 1.165) is 37.9 Å². The molecular weight excluding hydrogens is 286 g/mol. The molecule has 1 aromatic rings. The van der Waals surface area contributed by atoms with Crippen molar-refractivity contribution in [2.75, 3.05) is 13.2 Å². The third-order valence-electron chi connectivity index (χ3n) is 4.42. The number of hydrogen-bond acceptors (Lipinski definition) is 4. The zero-order valence-electron chi connectivity index (χ0n) is 12.7. The maximum absolute atomic E-state index is 11.9. The van der Waals surface area contributed by atoms with E-state index in [0.29, 0.717) is 25.1 Å². The second-order valence-electron chi connectivity index (χ2n) is 5.91. The number of carbonyl (C=O) groups is 2. The lowest BCUT2D eigenvalue weighted by Gasteiger charge is -2.26. The second kappa shape index (κ2) is 6.08. The summed E-state index contributed by atoms with van der Waals surface area (Å²) in [4.78, 5) is 25.0. The molecule has 0 aromatic carbocycles. The summed E-state index contributed by atoms with van der Waals surface area (Å²) in [5.41, 5.74) is 1.46. The molecule has 120 valence electrons. The Balaban J connectivity index is 1.94. The minimum atomic E-state index is -1.04. The highest BCUT2D eigenvalue weighted by Gasteiger charge is 2.29. The number of aromatic carboxylic acids is 1. The molecule has 22 heavy (non-hydrogen) atoms. The summed E-state index contributed by atoms with van der Waals surface area (Å²) < 4.78 is 7.43. The number of likely N-dealkylation sites (tertiary alicyclic amines) is 1. The number of amides is 1. The summed E-state index contributed by atoms with van der Waals surface area (Å²) in [6.45, 7) is 3.54. The molecule has 1 amide bonds. The van der Waals surface area contributed by atoms with Gasteiger partial charge in [0.1, 0.15) is 0 Å². The lowest BCUT2D eigenvalue weighted by molar-refractivity contribution is -0.128. The van der Waals surface area contributed by atoms with E-state index in [9.17, 15) is 14.7 Å². The molecule has 2 fully saturated rings. The van der Waals surface area contributed by atoms with Crippen LogP contribution in [0.3, 0.4) is 0 Å². The van der Waals surface area contributed by atoms with E-state index in [4.69, 9.17) is 4.74 Å². The molecule has 7 nitrogen and oxygen atoms in total. The highest BCUT2D eigenvalue weighted by molar-refractivity contribution is 5.87. The third kappa shape index (κ3) is 2.72. The smallest absolute Gasteiger partial charge is 0.356 e. The summed E-state index contributed by atoms with van der Waals surface area (Å²) >= 11 is 0. The largest absolute Gasteiger partial charge is 0.476 e. The Morgan fingerprint density at radius 3 is 2.82 bits per heavy atom. The Hall–Kier alpha value is -1.89. The molecular formula is C15H21N3O4. The molecule has 3 heterocycles. The number of carboxylic acids is 1. The second-order valence-corrected chi connectivity index (χ2v) is 5.91. The van der Waals surface area contributed by atoms with Crippen molar-refractivity contribution in [3.8, 4) is 0 Å². The Bertz CT molecular complexity index is 590. The van der Waals surface area contributed by atoms with Gasteiger partial charge in [0.05, 0.1) is 12.2 Å². The van der Waals surface area contributed by atoms with Gasteiger partial charge in [-0.25, -0.2) is 9.48 Å². The van der Waals surface area contributed by atoms with Crippen LogP contribution in [0.1, 0.15) is 60.1 Å². The van der Waals surface area contributed by atoms with Crippen molar-refractivity contribution in [3.63, 3.8) is 0 Å². The number of carbonyl (C=O) groups excluding carboxylic acids is 1. The molecule has 0 bridgehead atoms. The minimum Gasteiger partial charge on any atom is -0.476 e. The average molecular weight is 307 g/mol. The fourth-order valence-electron chi connectivity index (χ4n) is 3.15. The van der Waals surface area contributed by atoms with E-state index >= 15 is 0 Å². The number of hydrogen-bond donors (Lipinski definition) is 1.